The number of likely N-dealkylation sites (tertiary alicyclic amines) is 1. The van der Waals surface area contributed by atoms with Crippen LogP contribution in [0.3, 0.4) is 0 Å². The maximum Gasteiger partial charge on any atom is 0.294 e. The Hall–Kier alpha value is -1.70. The van der Waals surface area contributed by atoms with Crippen LogP contribution in [0, 0.1) is 0 Å². The third-order valence-electron chi connectivity index (χ3n) is 4.68. The van der Waals surface area contributed by atoms with Gasteiger partial charge in [0.25, 0.3) is 5.56 Å². The van der Waals surface area contributed by atoms with Crippen LogP contribution in [0.1, 0.15) is 25.1 Å². The minimum Gasteiger partial charge on any atom is -0.449 e. The molecule has 0 saturated carbocycles. The van der Waals surface area contributed by atoms with Crippen molar-refractivity contribution in [1.82, 2.24) is 20.2 Å². The molecule has 0 bridgehead atoms. The zero-order chi connectivity index (χ0) is 17.2. The van der Waals surface area contributed by atoms with Gasteiger partial charge in [0.15, 0.2) is 0 Å². The van der Waals surface area contributed by atoms with E-state index in [4.69, 9.17) is 4.42 Å². The lowest BCUT2D eigenvalue weighted by molar-refractivity contribution is 0.229. The Balaban J connectivity index is 1.49. The van der Waals surface area contributed by atoms with Gasteiger partial charge in [-0.05, 0) is 44.1 Å². The fourth-order valence-corrected chi connectivity index (χ4v) is 3.74. The van der Waals surface area contributed by atoms with Crippen molar-refractivity contribution in [1.29, 1.82) is 0 Å². The lowest BCUT2D eigenvalue weighted by Crippen LogP contribution is -2.36. The molecule has 6 nitrogen and oxygen atoms in total. The summed E-state index contributed by atoms with van der Waals surface area (Å²) < 4.78 is 6.58. The second-order valence-electron chi connectivity index (χ2n) is 6.51. The Labute approximate surface area is 153 Å². The van der Waals surface area contributed by atoms with E-state index >= 15 is 0 Å². The fraction of sp³-hybridized carbons (Fsp3) is 0.444. The molecule has 4 rings (SSSR count). The van der Waals surface area contributed by atoms with Crippen LogP contribution >= 0.6 is 15.9 Å². The zero-order valence-electron chi connectivity index (χ0n) is 14.0. The van der Waals surface area contributed by atoms with Crippen molar-refractivity contribution in [3.8, 4) is 0 Å². The van der Waals surface area contributed by atoms with E-state index in [1.807, 2.05) is 18.2 Å². The van der Waals surface area contributed by atoms with Gasteiger partial charge >= 0.3 is 0 Å². The molecule has 1 fully saturated rings. The first-order valence-corrected chi connectivity index (χ1v) is 9.54. The molecule has 0 unspecified atom stereocenters. The normalized spacial score (nSPS) is 16.0. The van der Waals surface area contributed by atoms with Gasteiger partial charge in [0.05, 0.1) is 6.54 Å². The number of rotatable bonds is 5. The Morgan fingerprint density at radius 2 is 2.12 bits per heavy atom. The second kappa shape index (κ2) is 7.27. The van der Waals surface area contributed by atoms with Gasteiger partial charge in [-0.1, -0.05) is 22.4 Å². The smallest absolute Gasteiger partial charge is 0.294 e. The highest BCUT2D eigenvalue weighted by molar-refractivity contribution is 9.10. The number of hydrogen-bond acceptors (Lipinski definition) is 5. The molecule has 0 atom stereocenters. The molecular weight excluding hydrogens is 384 g/mol. The predicted molar refractivity (Wildman–Crippen MR) is 102 cm³/mol. The average Bonchev–Trinajstić information content (AvgIpc) is 2.98. The SMILES string of the molecule is O=c1[nH]c(CNCCN2CCCCC2)nc2c1oc1ccc(Br)cc12. The van der Waals surface area contributed by atoms with E-state index in [0.29, 0.717) is 23.5 Å². The maximum atomic E-state index is 12.3. The molecular formula is C18H21BrN4O2. The number of hydrogen-bond donors (Lipinski definition) is 2. The summed E-state index contributed by atoms with van der Waals surface area (Å²) in [6.07, 6.45) is 3.95. The molecule has 7 heteroatoms. The van der Waals surface area contributed by atoms with E-state index in [-0.39, 0.29) is 11.1 Å². The molecule has 0 aliphatic carbocycles. The number of halogens is 1. The number of furan rings is 1. The first-order chi connectivity index (χ1) is 12.2. The van der Waals surface area contributed by atoms with Gasteiger partial charge in [0.1, 0.15) is 16.9 Å². The van der Waals surface area contributed by atoms with E-state index in [1.165, 1.54) is 32.4 Å². The van der Waals surface area contributed by atoms with E-state index < -0.39 is 0 Å². The minimum atomic E-state index is -0.231. The third-order valence-corrected chi connectivity index (χ3v) is 5.17. The first-order valence-electron chi connectivity index (χ1n) is 8.75. The van der Waals surface area contributed by atoms with Crippen molar-refractivity contribution in [2.45, 2.75) is 25.8 Å². The molecule has 2 N–H and O–H groups in total. The maximum absolute atomic E-state index is 12.3. The van der Waals surface area contributed by atoms with E-state index in [0.717, 1.165) is 22.9 Å². The lowest BCUT2D eigenvalue weighted by atomic mass is 10.1. The summed E-state index contributed by atoms with van der Waals surface area (Å²) in [5.74, 6) is 0.638. The van der Waals surface area contributed by atoms with Crippen LogP contribution in [-0.4, -0.2) is 41.0 Å². The Morgan fingerprint density at radius 3 is 2.96 bits per heavy atom. The predicted octanol–water partition coefficient (Wildman–Crippen LogP) is 3.01. The fourth-order valence-electron chi connectivity index (χ4n) is 3.38. The van der Waals surface area contributed by atoms with Gasteiger partial charge in [-0.2, -0.15) is 0 Å². The van der Waals surface area contributed by atoms with Gasteiger partial charge in [-0.25, -0.2) is 4.98 Å². The molecule has 3 heterocycles. The largest absolute Gasteiger partial charge is 0.449 e. The summed E-state index contributed by atoms with van der Waals surface area (Å²) in [4.78, 5) is 22.2. The van der Waals surface area contributed by atoms with Crippen molar-refractivity contribution in [3.05, 3.63) is 38.9 Å². The van der Waals surface area contributed by atoms with Crippen LogP contribution in [0.4, 0.5) is 0 Å². The topological polar surface area (TPSA) is 74.2 Å². The molecule has 1 aromatic carbocycles. The number of nitrogens with one attached hydrogen (secondary N) is 2. The first kappa shape index (κ1) is 16.8. The molecule has 1 aliphatic rings. The molecule has 2 aromatic heterocycles. The summed E-state index contributed by atoms with van der Waals surface area (Å²) in [6.45, 7) is 4.85. The summed E-state index contributed by atoms with van der Waals surface area (Å²) >= 11 is 3.46. The summed E-state index contributed by atoms with van der Waals surface area (Å²) in [5, 5.41) is 4.23. The highest BCUT2D eigenvalue weighted by Crippen LogP contribution is 2.27. The van der Waals surface area contributed by atoms with Crippen molar-refractivity contribution in [2.24, 2.45) is 0 Å². The number of aromatic nitrogens is 2. The van der Waals surface area contributed by atoms with E-state index in [9.17, 15) is 4.79 Å². The summed E-state index contributed by atoms with van der Waals surface area (Å²) in [5.41, 5.74) is 1.34. The Morgan fingerprint density at radius 1 is 1.28 bits per heavy atom. The number of nitrogens with zero attached hydrogens (tertiary/aromatic N) is 2. The Kier molecular flexibility index (Phi) is 4.87. The summed E-state index contributed by atoms with van der Waals surface area (Å²) in [6, 6.07) is 5.67. The van der Waals surface area contributed by atoms with Crippen LogP contribution in [-0.2, 0) is 6.54 Å². The second-order valence-corrected chi connectivity index (χ2v) is 7.43. The van der Waals surface area contributed by atoms with Gasteiger partial charge < -0.3 is 19.6 Å². The van der Waals surface area contributed by atoms with Gasteiger partial charge in [-0.15, -0.1) is 0 Å². The van der Waals surface area contributed by atoms with Crippen LogP contribution < -0.4 is 10.9 Å². The van der Waals surface area contributed by atoms with Crippen LogP contribution in [0.2, 0.25) is 0 Å². The molecule has 132 valence electrons. The van der Waals surface area contributed by atoms with Crippen LogP contribution in [0.5, 0.6) is 0 Å². The highest BCUT2D eigenvalue weighted by atomic mass is 79.9. The molecule has 0 spiro atoms. The van der Waals surface area contributed by atoms with Crippen molar-refractivity contribution < 1.29 is 4.42 Å². The molecule has 0 radical (unpaired) electrons. The summed E-state index contributed by atoms with van der Waals surface area (Å²) in [7, 11) is 0. The van der Waals surface area contributed by atoms with Gasteiger partial charge in [0, 0.05) is 22.9 Å². The minimum absolute atomic E-state index is 0.231. The molecule has 1 saturated heterocycles. The quantitative estimate of drug-likeness (QED) is 0.639. The lowest BCUT2D eigenvalue weighted by Gasteiger charge is -2.26. The monoisotopic (exact) mass is 404 g/mol. The van der Waals surface area contributed by atoms with Crippen molar-refractivity contribution >= 4 is 38.0 Å². The molecule has 0 amide bonds. The number of aromatic amines is 1. The van der Waals surface area contributed by atoms with Crippen LogP contribution in [0.25, 0.3) is 22.1 Å². The molecule has 1 aliphatic heterocycles. The van der Waals surface area contributed by atoms with Crippen molar-refractivity contribution in [3.63, 3.8) is 0 Å². The van der Waals surface area contributed by atoms with Gasteiger partial charge in [-0.3, -0.25) is 4.79 Å². The standard InChI is InChI=1S/C18H21BrN4O2/c19-12-4-5-14-13(10-12)16-17(25-14)18(24)22-15(21-16)11-20-6-9-23-7-2-1-3-8-23/h4-5,10,20H,1-3,6-9,11H2,(H,21,22,24). The third kappa shape index (κ3) is 3.63. The van der Waals surface area contributed by atoms with E-state index in [1.54, 1.807) is 0 Å². The number of piperidine rings is 1. The molecule has 25 heavy (non-hydrogen) atoms. The average molecular weight is 405 g/mol. The van der Waals surface area contributed by atoms with Crippen LogP contribution in [0.15, 0.2) is 31.9 Å². The Bertz CT molecular complexity index is 943. The number of fused-ring (bicyclic) bond motifs is 3. The van der Waals surface area contributed by atoms with E-state index in [2.05, 4.69) is 36.1 Å². The van der Waals surface area contributed by atoms with Gasteiger partial charge in [0.2, 0.25) is 5.58 Å². The zero-order valence-corrected chi connectivity index (χ0v) is 15.6. The molecule has 3 aromatic rings. The number of H-pyrrole nitrogens is 1. The number of benzene rings is 1. The van der Waals surface area contributed by atoms with Crippen molar-refractivity contribution in [2.75, 3.05) is 26.2 Å². The highest BCUT2D eigenvalue weighted by Gasteiger charge is 2.14.